The van der Waals surface area contributed by atoms with E-state index in [9.17, 15) is 4.79 Å². The van der Waals surface area contributed by atoms with Crippen molar-refractivity contribution in [2.75, 3.05) is 16.8 Å². The number of carbonyl (C=O) groups is 1. The molecule has 3 nitrogen and oxygen atoms in total. The first-order chi connectivity index (χ1) is 9.99. The van der Waals surface area contributed by atoms with E-state index in [1.165, 1.54) is 11.8 Å². The summed E-state index contributed by atoms with van der Waals surface area (Å²) in [5.74, 6) is 0.124. The molecule has 3 N–H and O–H groups in total. The van der Waals surface area contributed by atoms with Crippen LogP contribution in [0.15, 0.2) is 41.3 Å². The molecule has 0 bridgehead atoms. The zero-order valence-electron chi connectivity index (χ0n) is 11.3. The number of amides is 1. The molecule has 21 heavy (non-hydrogen) atoms. The summed E-state index contributed by atoms with van der Waals surface area (Å²) in [4.78, 5) is 13.0. The van der Waals surface area contributed by atoms with Gasteiger partial charge in [0, 0.05) is 10.6 Å². The van der Waals surface area contributed by atoms with Gasteiger partial charge in [0.25, 0.3) is 0 Å². The first-order valence-electron chi connectivity index (χ1n) is 6.21. The molecule has 1 amide bonds. The van der Waals surface area contributed by atoms with Crippen molar-refractivity contribution < 1.29 is 4.79 Å². The first kappa shape index (κ1) is 16.0. The van der Waals surface area contributed by atoms with E-state index < -0.39 is 0 Å². The number of rotatable bonds is 4. The minimum atomic E-state index is -0.147. The summed E-state index contributed by atoms with van der Waals surface area (Å²) >= 11 is 13.4. The Morgan fingerprint density at radius 1 is 1.24 bits per heavy atom. The third kappa shape index (κ3) is 4.06. The molecule has 0 aromatic heterocycles. The van der Waals surface area contributed by atoms with Crippen LogP contribution in [0, 0.1) is 6.92 Å². The molecule has 0 radical (unpaired) electrons. The highest BCUT2D eigenvalue weighted by Gasteiger charge is 2.10. The molecule has 2 aromatic rings. The fourth-order valence-corrected chi connectivity index (χ4v) is 2.93. The maximum atomic E-state index is 12.0. The number of benzene rings is 2. The molecule has 0 aliphatic heterocycles. The molecular formula is C15H14Cl2N2OS. The van der Waals surface area contributed by atoms with E-state index in [4.69, 9.17) is 28.9 Å². The second kappa shape index (κ2) is 7.07. The standard InChI is InChI=1S/C15H14Cl2N2OS/c1-9-11(18)5-3-7-13(9)21-8-14(20)19-12-6-2-4-10(16)15(12)17/h2-7H,8,18H2,1H3,(H,19,20). The van der Waals surface area contributed by atoms with Gasteiger partial charge in [-0.05, 0) is 36.8 Å². The van der Waals surface area contributed by atoms with Crippen LogP contribution in [0.3, 0.4) is 0 Å². The molecule has 0 aliphatic carbocycles. The van der Waals surface area contributed by atoms with Gasteiger partial charge in [-0.1, -0.05) is 35.3 Å². The molecule has 2 aromatic carbocycles. The highest BCUT2D eigenvalue weighted by atomic mass is 35.5. The lowest BCUT2D eigenvalue weighted by Gasteiger charge is -2.10. The molecule has 0 atom stereocenters. The Morgan fingerprint density at radius 3 is 2.71 bits per heavy atom. The van der Waals surface area contributed by atoms with Crippen LogP contribution >= 0.6 is 35.0 Å². The van der Waals surface area contributed by atoms with Crippen molar-refractivity contribution >= 4 is 52.2 Å². The molecule has 0 heterocycles. The average molecular weight is 341 g/mol. The largest absolute Gasteiger partial charge is 0.398 e. The molecule has 110 valence electrons. The van der Waals surface area contributed by atoms with Crippen LogP contribution in [-0.4, -0.2) is 11.7 Å². The average Bonchev–Trinajstić information content (AvgIpc) is 2.45. The predicted molar refractivity (Wildman–Crippen MR) is 91.4 cm³/mol. The minimum Gasteiger partial charge on any atom is -0.398 e. The van der Waals surface area contributed by atoms with E-state index in [1.54, 1.807) is 18.2 Å². The second-order valence-corrected chi connectivity index (χ2v) is 6.21. The second-order valence-electron chi connectivity index (χ2n) is 4.41. The molecule has 0 unspecified atom stereocenters. The number of nitrogen functional groups attached to an aromatic ring is 1. The van der Waals surface area contributed by atoms with Crippen molar-refractivity contribution in [3.8, 4) is 0 Å². The highest BCUT2D eigenvalue weighted by Crippen LogP contribution is 2.30. The Hall–Kier alpha value is -1.36. The van der Waals surface area contributed by atoms with Gasteiger partial charge in [0.15, 0.2) is 0 Å². The Balaban J connectivity index is 1.99. The van der Waals surface area contributed by atoms with Crippen molar-refractivity contribution in [2.24, 2.45) is 0 Å². The van der Waals surface area contributed by atoms with Gasteiger partial charge in [0.05, 0.1) is 21.5 Å². The van der Waals surface area contributed by atoms with E-state index in [-0.39, 0.29) is 11.7 Å². The first-order valence-corrected chi connectivity index (χ1v) is 7.95. The minimum absolute atomic E-state index is 0.147. The Kier molecular flexibility index (Phi) is 5.39. The number of carbonyl (C=O) groups excluding carboxylic acids is 1. The van der Waals surface area contributed by atoms with Gasteiger partial charge in [-0.25, -0.2) is 0 Å². The molecule has 0 saturated carbocycles. The summed E-state index contributed by atoms with van der Waals surface area (Å²) in [5, 5.41) is 3.50. The maximum absolute atomic E-state index is 12.0. The fraction of sp³-hybridized carbons (Fsp3) is 0.133. The number of hydrogen-bond donors (Lipinski definition) is 2. The summed E-state index contributed by atoms with van der Waals surface area (Å²) in [5.41, 5.74) is 8.06. The number of nitrogens with one attached hydrogen (secondary N) is 1. The van der Waals surface area contributed by atoms with E-state index in [0.717, 1.165) is 16.1 Å². The van der Waals surface area contributed by atoms with Crippen molar-refractivity contribution in [1.29, 1.82) is 0 Å². The summed E-state index contributed by atoms with van der Waals surface area (Å²) < 4.78 is 0. The summed E-state index contributed by atoms with van der Waals surface area (Å²) in [6, 6.07) is 10.8. The zero-order valence-corrected chi connectivity index (χ0v) is 13.6. The molecule has 0 saturated heterocycles. The molecule has 0 aliphatic rings. The summed E-state index contributed by atoms with van der Waals surface area (Å²) in [6.45, 7) is 1.93. The Labute approximate surface area is 137 Å². The van der Waals surface area contributed by atoms with Gasteiger partial charge in [-0.15, -0.1) is 11.8 Å². The van der Waals surface area contributed by atoms with Crippen LogP contribution in [0.1, 0.15) is 5.56 Å². The van der Waals surface area contributed by atoms with Crippen LogP contribution < -0.4 is 11.1 Å². The number of hydrogen-bond acceptors (Lipinski definition) is 3. The van der Waals surface area contributed by atoms with Crippen molar-refractivity contribution in [3.05, 3.63) is 52.0 Å². The zero-order chi connectivity index (χ0) is 15.4. The number of anilines is 2. The van der Waals surface area contributed by atoms with Crippen molar-refractivity contribution in [1.82, 2.24) is 0 Å². The van der Waals surface area contributed by atoms with Gasteiger partial charge in [-0.2, -0.15) is 0 Å². The Bertz CT molecular complexity index is 677. The monoisotopic (exact) mass is 340 g/mol. The topological polar surface area (TPSA) is 55.1 Å². The molecule has 0 spiro atoms. The quantitative estimate of drug-likeness (QED) is 0.630. The highest BCUT2D eigenvalue weighted by molar-refractivity contribution is 8.00. The lowest BCUT2D eigenvalue weighted by molar-refractivity contribution is -0.113. The smallest absolute Gasteiger partial charge is 0.234 e. The van der Waals surface area contributed by atoms with Crippen LogP contribution in [0.2, 0.25) is 10.0 Å². The van der Waals surface area contributed by atoms with Gasteiger partial charge in [-0.3, -0.25) is 4.79 Å². The van der Waals surface area contributed by atoms with Gasteiger partial charge >= 0.3 is 0 Å². The van der Waals surface area contributed by atoms with Gasteiger partial charge < -0.3 is 11.1 Å². The van der Waals surface area contributed by atoms with Gasteiger partial charge in [0.2, 0.25) is 5.91 Å². The summed E-state index contributed by atoms with van der Waals surface area (Å²) in [6.07, 6.45) is 0. The third-order valence-corrected chi connectivity index (χ3v) is 4.89. The Morgan fingerprint density at radius 2 is 1.95 bits per heavy atom. The third-order valence-electron chi connectivity index (χ3n) is 2.91. The molecular weight excluding hydrogens is 327 g/mol. The van der Waals surface area contributed by atoms with E-state index in [2.05, 4.69) is 5.32 Å². The maximum Gasteiger partial charge on any atom is 0.234 e. The van der Waals surface area contributed by atoms with Gasteiger partial charge in [0.1, 0.15) is 0 Å². The van der Waals surface area contributed by atoms with Crippen molar-refractivity contribution in [3.63, 3.8) is 0 Å². The SMILES string of the molecule is Cc1c(N)cccc1SCC(=O)Nc1cccc(Cl)c1Cl. The van der Waals surface area contributed by atoms with Crippen LogP contribution in [0.5, 0.6) is 0 Å². The van der Waals surface area contributed by atoms with Crippen molar-refractivity contribution in [2.45, 2.75) is 11.8 Å². The van der Waals surface area contributed by atoms with Crippen LogP contribution in [0.4, 0.5) is 11.4 Å². The van der Waals surface area contributed by atoms with E-state index in [1.807, 2.05) is 25.1 Å². The molecule has 0 fully saturated rings. The van der Waals surface area contributed by atoms with E-state index in [0.29, 0.717) is 15.7 Å². The molecule has 2 rings (SSSR count). The number of halogens is 2. The number of nitrogens with two attached hydrogens (primary N) is 1. The fourth-order valence-electron chi connectivity index (χ4n) is 1.72. The number of thioether (sulfide) groups is 1. The normalized spacial score (nSPS) is 10.4. The lowest BCUT2D eigenvalue weighted by atomic mass is 10.2. The lowest BCUT2D eigenvalue weighted by Crippen LogP contribution is -2.14. The predicted octanol–water partition coefficient (Wildman–Crippen LogP) is 4.61. The molecule has 6 heteroatoms. The van der Waals surface area contributed by atoms with Crippen LogP contribution in [0.25, 0.3) is 0 Å². The summed E-state index contributed by atoms with van der Waals surface area (Å²) in [7, 11) is 0. The van der Waals surface area contributed by atoms with Crippen LogP contribution in [-0.2, 0) is 4.79 Å². The van der Waals surface area contributed by atoms with E-state index >= 15 is 0 Å².